The Morgan fingerprint density at radius 1 is 1.02 bits per heavy atom. The number of hydrogen-bond donors (Lipinski definition) is 3. The Morgan fingerprint density at radius 2 is 1.66 bits per heavy atom. The zero-order valence-electron chi connectivity index (χ0n) is 23.5. The van der Waals surface area contributed by atoms with Crippen LogP contribution in [0.3, 0.4) is 0 Å². The van der Waals surface area contributed by atoms with E-state index in [0.29, 0.717) is 41.5 Å². The first-order valence-electron chi connectivity index (χ1n) is 13.4. The summed E-state index contributed by atoms with van der Waals surface area (Å²) < 4.78 is 24.8. The standard InChI is InChI=1S/C29H36N6O5S/c1-19-23(18-32-28(37)26(31-2)17-24(30)20-7-8-20)5-4-6-25(19)33-27(36)21-9-11-22(12-10-21)29(38)34-13-15-35(16-14-34)41(3,39)40/h4-6,9-12,17,20H,7-8,13-16,18,30H2,1-3H3,(H,32,37)(H,33,36). The van der Waals surface area contributed by atoms with Crippen molar-refractivity contribution in [1.82, 2.24) is 14.5 Å². The molecular weight excluding hydrogens is 544 g/mol. The summed E-state index contributed by atoms with van der Waals surface area (Å²) in [6, 6.07) is 11.8. The van der Waals surface area contributed by atoms with Crippen LogP contribution in [0, 0.1) is 12.8 Å². The van der Waals surface area contributed by atoms with Gasteiger partial charge in [-0.2, -0.15) is 4.31 Å². The average molecular weight is 581 g/mol. The second-order valence-electron chi connectivity index (χ2n) is 10.3. The zero-order chi connectivity index (χ0) is 29.7. The lowest BCUT2D eigenvalue weighted by molar-refractivity contribution is -0.114. The van der Waals surface area contributed by atoms with Crippen molar-refractivity contribution >= 4 is 39.1 Å². The molecule has 1 aliphatic heterocycles. The van der Waals surface area contributed by atoms with E-state index < -0.39 is 10.0 Å². The zero-order valence-corrected chi connectivity index (χ0v) is 24.3. The van der Waals surface area contributed by atoms with Crippen LogP contribution < -0.4 is 16.4 Å². The summed E-state index contributed by atoms with van der Waals surface area (Å²) in [6.07, 6.45) is 4.86. The van der Waals surface area contributed by atoms with Gasteiger partial charge in [0.05, 0.1) is 6.26 Å². The third-order valence-corrected chi connectivity index (χ3v) is 8.65. The van der Waals surface area contributed by atoms with Crippen molar-refractivity contribution in [3.8, 4) is 0 Å². The Hall–Kier alpha value is -4.03. The number of amides is 3. The molecule has 3 amide bonds. The van der Waals surface area contributed by atoms with Crippen molar-refractivity contribution in [1.29, 1.82) is 0 Å². The molecule has 2 aliphatic rings. The maximum absolute atomic E-state index is 13.0. The third kappa shape index (κ3) is 7.59. The van der Waals surface area contributed by atoms with Crippen molar-refractivity contribution in [2.75, 3.05) is 44.8 Å². The molecule has 0 spiro atoms. The molecule has 0 radical (unpaired) electrons. The molecule has 1 saturated heterocycles. The van der Waals surface area contributed by atoms with Gasteiger partial charge in [-0.15, -0.1) is 0 Å². The minimum atomic E-state index is -3.28. The molecule has 2 aromatic rings. The fraction of sp³-hybridized carbons (Fsp3) is 0.379. The lowest BCUT2D eigenvalue weighted by atomic mass is 10.1. The van der Waals surface area contributed by atoms with Gasteiger partial charge in [-0.05, 0) is 73.2 Å². The number of carbonyl (C=O) groups is 3. The number of piperazine rings is 1. The largest absolute Gasteiger partial charge is 0.402 e. The Balaban J connectivity index is 1.34. The van der Waals surface area contributed by atoms with Gasteiger partial charge in [-0.3, -0.25) is 19.4 Å². The van der Waals surface area contributed by atoms with Crippen LogP contribution in [0.25, 0.3) is 0 Å². The first-order valence-corrected chi connectivity index (χ1v) is 15.3. The van der Waals surface area contributed by atoms with Crippen molar-refractivity contribution in [3.63, 3.8) is 0 Å². The van der Waals surface area contributed by atoms with E-state index in [2.05, 4.69) is 15.6 Å². The third-order valence-electron chi connectivity index (χ3n) is 7.35. The van der Waals surface area contributed by atoms with Crippen LogP contribution in [-0.4, -0.2) is 80.5 Å². The predicted octanol–water partition coefficient (Wildman–Crippen LogP) is 1.90. The molecule has 11 nitrogen and oxygen atoms in total. The summed E-state index contributed by atoms with van der Waals surface area (Å²) in [4.78, 5) is 44.2. The van der Waals surface area contributed by atoms with Gasteiger partial charge in [0, 0.05) is 62.3 Å². The fourth-order valence-corrected chi connectivity index (χ4v) is 5.39. The Morgan fingerprint density at radius 3 is 2.24 bits per heavy atom. The number of sulfonamides is 1. The second-order valence-corrected chi connectivity index (χ2v) is 12.3. The molecule has 0 bridgehead atoms. The molecule has 4 rings (SSSR count). The maximum atomic E-state index is 13.0. The number of anilines is 1. The normalized spacial score (nSPS) is 16.8. The molecule has 0 unspecified atom stereocenters. The van der Waals surface area contributed by atoms with Gasteiger partial charge in [0.1, 0.15) is 5.71 Å². The molecule has 1 aliphatic carbocycles. The molecule has 1 heterocycles. The molecular formula is C29H36N6O5S. The van der Waals surface area contributed by atoms with E-state index in [1.807, 2.05) is 13.0 Å². The molecule has 2 aromatic carbocycles. The molecule has 218 valence electrons. The summed E-state index contributed by atoms with van der Waals surface area (Å²) in [5, 5.41) is 5.78. The van der Waals surface area contributed by atoms with Gasteiger partial charge < -0.3 is 21.3 Å². The molecule has 2 fully saturated rings. The van der Waals surface area contributed by atoms with E-state index in [1.165, 1.54) is 4.31 Å². The van der Waals surface area contributed by atoms with E-state index in [-0.39, 0.29) is 43.1 Å². The number of hydrogen-bond acceptors (Lipinski definition) is 7. The predicted molar refractivity (Wildman–Crippen MR) is 158 cm³/mol. The summed E-state index contributed by atoms with van der Waals surface area (Å²) >= 11 is 0. The highest BCUT2D eigenvalue weighted by molar-refractivity contribution is 7.88. The Bertz CT molecular complexity index is 1490. The van der Waals surface area contributed by atoms with Crippen molar-refractivity contribution in [2.45, 2.75) is 26.3 Å². The molecule has 41 heavy (non-hydrogen) atoms. The number of carbonyl (C=O) groups excluding carboxylic acids is 3. The SMILES string of the molecule is CN=C(C=C(N)C1CC1)C(=O)NCc1cccc(NC(=O)c2ccc(C(=O)N3CCN(S(C)(=O)=O)CC3)cc2)c1C. The van der Waals surface area contributed by atoms with Crippen LogP contribution in [0.4, 0.5) is 5.69 Å². The van der Waals surface area contributed by atoms with E-state index in [4.69, 9.17) is 5.73 Å². The monoisotopic (exact) mass is 580 g/mol. The highest BCUT2D eigenvalue weighted by atomic mass is 32.2. The van der Waals surface area contributed by atoms with E-state index in [0.717, 1.165) is 30.2 Å². The number of nitrogens with zero attached hydrogens (tertiary/aromatic N) is 3. The number of aliphatic imine (C=N–C) groups is 1. The van der Waals surface area contributed by atoms with Gasteiger partial charge in [0.2, 0.25) is 10.0 Å². The number of allylic oxidation sites excluding steroid dienone is 1. The van der Waals surface area contributed by atoms with E-state index in [9.17, 15) is 22.8 Å². The van der Waals surface area contributed by atoms with Gasteiger partial charge in [-0.25, -0.2) is 8.42 Å². The lowest BCUT2D eigenvalue weighted by Crippen LogP contribution is -2.50. The molecule has 1 saturated carbocycles. The first-order chi connectivity index (χ1) is 19.5. The summed E-state index contributed by atoms with van der Waals surface area (Å²) in [7, 11) is -1.73. The average Bonchev–Trinajstić information content (AvgIpc) is 3.81. The van der Waals surface area contributed by atoms with Gasteiger partial charge in [0.15, 0.2) is 0 Å². The van der Waals surface area contributed by atoms with Gasteiger partial charge in [-0.1, -0.05) is 12.1 Å². The van der Waals surface area contributed by atoms with Crippen LogP contribution in [0.1, 0.15) is 44.7 Å². The van der Waals surface area contributed by atoms with Crippen LogP contribution in [0.2, 0.25) is 0 Å². The molecule has 0 atom stereocenters. The number of rotatable bonds is 9. The van der Waals surface area contributed by atoms with Gasteiger partial charge in [0.25, 0.3) is 17.7 Å². The van der Waals surface area contributed by atoms with Crippen molar-refractivity contribution in [3.05, 3.63) is 76.5 Å². The van der Waals surface area contributed by atoms with E-state index in [1.54, 1.807) is 54.4 Å². The minimum absolute atomic E-state index is 0.210. The smallest absolute Gasteiger partial charge is 0.269 e. The van der Waals surface area contributed by atoms with Crippen molar-refractivity contribution < 1.29 is 22.8 Å². The highest BCUT2D eigenvalue weighted by Gasteiger charge is 2.27. The van der Waals surface area contributed by atoms with Crippen molar-refractivity contribution in [2.24, 2.45) is 16.6 Å². The summed E-state index contributed by atoms with van der Waals surface area (Å²) in [5.41, 5.74) is 10.0. The second kappa shape index (κ2) is 12.6. The van der Waals surface area contributed by atoms with Crippen LogP contribution in [0.15, 0.2) is 59.2 Å². The molecule has 4 N–H and O–H groups in total. The van der Waals surface area contributed by atoms with Gasteiger partial charge >= 0.3 is 0 Å². The topological polar surface area (TPSA) is 154 Å². The van der Waals surface area contributed by atoms with Crippen LogP contribution in [-0.2, 0) is 21.4 Å². The maximum Gasteiger partial charge on any atom is 0.269 e. The highest BCUT2D eigenvalue weighted by Crippen LogP contribution is 2.33. The summed E-state index contributed by atoms with van der Waals surface area (Å²) in [5.74, 6) is -0.533. The fourth-order valence-electron chi connectivity index (χ4n) is 4.56. The number of benzene rings is 2. The lowest BCUT2D eigenvalue weighted by Gasteiger charge is -2.33. The van der Waals surface area contributed by atoms with E-state index >= 15 is 0 Å². The number of nitrogens with two attached hydrogens (primary N) is 1. The summed E-state index contributed by atoms with van der Waals surface area (Å²) in [6.45, 7) is 3.24. The molecule has 0 aromatic heterocycles. The minimum Gasteiger partial charge on any atom is -0.402 e. The van der Waals surface area contributed by atoms with Crippen LogP contribution >= 0.6 is 0 Å². The molecule has 12 heteroatoms. The Labute approximate surface area is 240 Å². The first kappa shape index (κ1) is 29.9. The Kier molecular flexibility index (Phi) is 9.24. The number of nitrogens with one attached hydrogen (secondary N) is 2. The quantitative estimate of drug-likeness (QED) is 0.385. The van der Waals surface area contributed by atoms with Crippen LogP contribution in [0.5, 0.6) is 0 Å².